The number of esters is 4. The zero-order chi connectivity index (χ0) is 17.1. The maximum absolute atomic E-state index is 11.1. The van der Waals surface area contributed by atoms with Crippen LogP contribution in [0.15, 0.2) is 24.3 Å². The number of ether oxygens (including phenoxy) is 2. The molecule has 2 amide bonds. The third-order valence-corrected chi connectivity index (χ3v) is 1.73. The van der Waals surface area contributed by atoms with Gasteiger partial charge < -0.3 is 20.9 Å². The fourth-order valence-electron chi connectivity index (χ4n) is 0.899. The quantitative estimate of drug-likeness (QED) is 0.308. The molecule has 118 valence electrons. The average molecular weight is 312 g/mol. The standard InChI is InChI=1S/C12H12N2O8/c13-7(15)1-3-9(17)21-11(19)5-6-12(20)22-10(18)4-2-8(14)16/h1-4H,5-6H2,(H2,13,15)(H2,14,16)/b3-1-,4-2-. The minimum absolute atomic E-state index is 0.540. The number of carbonyl (C=O) groups is 6. The van der Waals surface area contributed by atoms with E-state index in [1.165, 1.54) is 0 Å². The molecular weight excluding hydrogens is 300 g/mol. The molecule has 0 fully saturated rings. The second-order valence-electron chi connectivity index (χ2n) is 3.56. The number of primary amides is 2. The van der Waals surface area contributed by atoms with E-state index in [-0.39, 0.29) is 0 Å². The maximum atomic E-state index is 11.1. The summed E-state index contributed by atoms with van der Waals surface area (Å²) in [5.74, 6) is -6.24. The molecule has 0 spiro atoms. The third kappa shape index (κ3) is 10.6. The number of carbonyl (C=O) groups excluding carboxylic acids is 6. The van der Waals surface area contributed by atoms with Gasteiger partial charge >= 0.3 is 23.9 Å². The second-order valence-corrected chi connectivity index (χ2v) is 3.56. The molecule has 0 rings (SSSR count). The van der Waals surface area contributed by atoms with Gasteiger partial charge in [0, 0.05) is 24.3 Å². The molecule has 0 unspecified atom stereocenters. The zero-order valence-corrected chi connectivity index (χ0v) is 11.1. The van der Waals surface area contributed by atoms with Crippen molar-refractivity contribution in [3.8, 4) is 0 Å². The predicted molar refractivity (Wildman–Crippen MR) is 68.1 cm³/mol. The van der Waals surface area contributed by atoms with Crippen LogP contribution < -0.4 is 11.5 Å². The van der Waals surface area contributed by atoms with Crippen LogP contribution in [-0.4, -0.2) is 35.7 Å². The maximum Gasteiger partial charge on any atom is 0.338 e. The number of hydrogen-bond acceptors (Lipinski definition) is 8. The molecule has 0 atom stereocenters. The van der Waals surface area contributed by atoms with Crippen LogP contribution in [0.1, 0.15) is 12.8 Å². The number of nitrogens with two attached hydrogens (primary N) is 2. The highest BCUT2D eigenvalue weighted by Gasteiger charge is 2.14. The Hall–Kier alpha value is -3.30. The average Bonchev–Trinajstić information content (AvgIpc) is 2.40. The van der Waals surface area contributed by atoms with Crippen LogP contribution in [0.3, 0.4) is 0 Å². The van der Waals surface area contributed by atoms with Crippen molar-refractivity contribution in [2.75, 3.05) is 0 Å². The van der Waals surface area contributed by atoms with E-state index in [1.807, 2.05) is 0 Å². The molecule has 0 aliphatic heterocycles. The van der Waals surface area contributed by atoms with Crippen molar-refractivity contribution < 1.29 is 38.2 Å². The normalized spacial score (nSPS) is 10.4. The Kier molecular flexibility index (Phi) is 8.14. The van der Waals surface area contributed by atoms with Crippen LogP contribution in [0.5, 0.6) is 0 Å². The topological polar surface area (TPSA) is 173 Å². The lowest BCUT2D eigenvalue weighted by Gasteiger charge is -2.00. The molecule has 0 saturated carbocycles. The van der Waals surface area contributed by atoms with Crippen molar-refractivity contribution in [3.63, 3.8) is 0 Å². The van der Waals surface area contributed by atoms with Crippen LogP contribution in [0.4, 0.5) is 0 Å². The van der Waals surface area contributed by atoms with Gasteiger partial charge in [0.05, 0.1) is 12.8 Å². The van der Waals surface area contributed by atoms with Gasteiger partial charge in [-0.1, -0.05) is 0 Å². The molecule has 0 aliphatic rings. The molecule has 10 heteroatoms. The molecule has 22 heavy (non-hydrogen) atoms. The summed E-state index contributed by atoms with van der Waals surface area (Å²) < 4.78 is 8.39. The van der Waals surface area contributed by atoms with Gasteiger partial charge in [-0.25, -0.2) is 9.59 Å². The third-order valence-electron chi connectivity index (χ3n) is 1.73. The zero-order valence-electron chi connectivity index (χ0n) is 11.1. The van der Waals surface area contributed by atoms with Crippen molar-refractivity contribution in [2.24, 2.45) is 11.5 Å². The first kappa shape index (κ1) is 18.7. The Morgan fingerprint density at radius 1 is 0.636 bits per heavy atom. The SMILES string of the molecule is NC(=O)/C=C\C(=O)OC(=O)CCC(=O)OC(=O)/C=C\C(N)=O. The monoisotopic (exact) mass is 312 g/mol. The molecule has 0 aliphatic carbocycles. The van der Waals surface area contributed by atoms with Crippen LogP contribution >= 0.6 is 0 Å². The first-order valence-electron chi connectivity index (χ1n) is 5.65. The van der Waals surface area contributed by atoms with Gasteiger partial charge in [-0.15, -0.1) is 0 Å². The van der Waals surface area contributed by atoms with E-state index in [9.17, 15) is 28.8 Å². The molecule has 0 aromatic heterocycles. The lowest BCUT2D eigenvalue weighted by molar-refractivity contribution is -0.161. The number of hydrogen-bond donors (Lipinski definition) is 2. The van der Waals surface area contributed by atoms with Gasteiger partial charge in [0.25, 0.3) is 0 Å². The van der Waals surface area contributed by atoms with E-state index < -0.39 is 48.5 Å². The molecule has 0 heterocycles. The van der Waals surface area contributed by atoms with Crippen LogP contribution in [0.25, 0.3) is 0 Å². The van der Waals surface area contributed by atoms with Gasteiger partial charge in [-0.05, 0) is 0 Å². The fraction of sp³-hybridized carbons (Fsp3) is 0.167. The molecule has 10 nitrogen and oxygen atoms in total. The molecule has 0 saturated heterocycles. The Morgan fingerprint density at radius 2 is 0.955 bits per heavy atom. The first-order chi connectivity index (χ1) is 10.2. The van der Waals surface area contributed by atoms with Crippen LogP contribution in [-0.2, 0) is 38.2 Å². The Bertz CT molecular complexity index is 511. The summed E-state index contributed by atoms with van der Waals surface area (Å²) in [6.07, 6.45) is 1.57. The summed E-state index contributed by atoms with van der Waals surface area (Å²) in [4.78, 5) is 64.9. The minimum Gasteiger partial charge on any atom is -0.390 e. The van der Waals surface area contributed by atoms with E-state index in [0.717, 1.165) is 0 Å². The molecule has 0 aromatic carbocycles. The highest BCUT2D eigenvalue weighted by Crippen LogP contribution is 1.98. The van der Waals surface area contributed by atoms with Crippen LogP contribution in [0, 0.1) is 0 Å². The first-order valence-corrected chi connectivity index (χ1v) is 5.65. The van der Waals surface area contributed by atoms with Gasteiger partial charge in [0.1, 0.15) is 0 Å². The van der Waals surface area contributed by atoms with Crippen molar-refractivity contribution in [1.29, 1.82) is 0 Å². The molecule has 4 N–H and O–H groups in total. The summed E-state index contributed by atoms with van der Waals surface area (Å²) in [5, 5.41) is 0. The van der Waals surface area contributed by atoms with E-state index >= 15 is 0 Å². The number of amides is 2. The molecular formula is C12H12N2O8. The lowest BCUT2D eigenvalue weighted by atomic mass is 10.3. The summed E-state index contributed by atoms with van der Waals surface area (Å²) in [6.45, 7) is 0. The summed E-state index contributed by atoms with van der Waals surface area (Å²) in [6, 6.07) is 0. The summed E-state index contributed by atoms with van der Waals surface area (Å²) >= 11 is 0. The van der Waals surface area contributed by atoms with E-state index in [0.29, 0.717) is 24.3 Å². The minimum atomic E-state index is -1.14. The Balaban J connectivity index is 4.12. The Morgan fingerprint density at radius 3 is 1.23 bits per heavy atom. The van der Waals surface area contributed by atoms with Crippen molar-refractivity contribution >= 4 is 35.7 Å². The summed E-state index contributed by atoms with van der Waals surface area (Å²) in [7, 11) is 0. The van der Waals surface area contributed by atoms with Gasteiger partial charge in [-0.2, -0.15) is 0 Å². The largest absolute Gasteiger partial charge is 0.390 e. The molecule has 0 bridgehead atoms. The van der Waals surface area contributed by atoms with Crippen molar-refractivity contribution in [2.45, 2.75) is 12.8 Å². The van der Waals surface area contributed by atoms with Crippen LogP contribution in [0.2, 0.25) is 0 Å². The molecule has 0 aromatic rings. The fourth-order valence-corrected chi connectivity index (χ4v) is 0.899. The van der Waals surface area contributed by atoms with Gasteiger partial charge in [0.15, 0.2) is 0 Å². The summed E-state index contributed by atoms with van der Waals surface area (Å²) in [5.41, 5.74) is 9.43. The van der Waals surface area contributed by atoms with Gasteiger partial charge in [-0.3, -0.25) is 19.2 Å². The highest BCUT2D eigenvalue weighted by atomic mass is 16.6. The van der Waals surface area contributed by atoms with E-state index in [2.05, 4.69) is 9.47 Å². The van der Waals surface area contributed by atoms with E-state index in [4.69, 9.17) is 11.5 Å². The predicted octanol–water partition coefficient (Wildman–Crippen LogP) is -2.01. The second kappa shape index (κ2) is 9.58. The molecule has 0 radical (unpaired) electrons. The number of rotatable bonds is 7. The highest BCUT2D eigenvalue weighted by molar-refractivity contribution is 5.99. The smallest absolute Gasteiger partial charge is 0.338 e. The lowest BCUT2D eigenvalue weighted by Crippen LogP contribution is -2.16. The van der Waals surface area contributed by atoms with Crippen molar-refractivity contribution in [1.82, 2.24) is 0 Å². The van der Waals surface area contributed by atoms with E-state index in [1.54, 1.807) is 0 Å². The Labute approximate surface area is 123 Å². The van der Waals surface area contributed by atoms with Gasteiger partial charge in [0.2, 0.25) is 11.8 Å². The van der Waals surface area contributed by atoms with Crippen molar-refractivity contribution in [3.05, 3.63) is 24.3 Å².